The van der Waals surface area contributed by atoms with Crippen molar-refractivity contribution < 1.29 is 14.7 Å². The first-order valence-corrected chi connectivity index (χ1v) is 5.81. The lowest BCUT2D eigenvalue weighted by Gasteiger charge is -2.20. The van der Waals surface area contributed by atoms with E-state index in [4.69, 9.17) is 20.4 Å². The van der Waals surface area contributed by atoms with Crippen LogP contribution in [0.5, 0.6) is 11.5 Å². The zero-order valence-corrected chi connectivity index (χ0v) is 10.2. The highest BCUT2D eigenvalue weighted by molar-refractivity contribution is 5.80. The molecule has 1 unspecified atom stereocenters. The highest BCUT2D eigenvalue weighted by Crippen LogP contribution is 2.32. The molecule has 0 spiro atoms. The molecule has 0 fully saturated rings. The van der Waals surface area contributed by atoms with Crippen LogP contribution in [0.25, 0.3) is 0 Å². The van der Waals surface area contributed by atoms with E-state index >= 15 is 0 Å². The number of amidine groups is 1. The maximum absolute atomic E-state index is 8.51. The molecule has 1 aromatic carbocycles. The van der Waals surface area contributed by atoms with E-state index < -0.39 is 0 Å². The molecule has 0 saturated heterocycles. The van der Waals surface area contributed by atoms with Gasteiger partial charge in [-0.3, -0.25) is 0 Å². The fraction of sp³-hybridized carbons (Fsp3) is 0.417. The maximum Gasteiger partial charge on any atom is 0.163 e. The van der Waals surface area contributed by atoms with Crippen LogP contribution in [0.3, 0.4) is 0 Å². The third-order valence-corrected chi connectivity index (χ3v) is 2.60. The monoisotopic (exact) mass is 251 g/mol. The molecule has 0 radical (unpaired) electrons. The Morgan fingerprint density at radius 1 is 1.44 bits per heavy atom. The van der Waals surface area contributed by atoms with Gasteiger partial charge in [0.05, 0.1) is 0 Å². The van der Waals surface area contributed by atoms with Crippen molar-refractivity contribution in [3.63, 3.8) is 0 Å². The summed E-state index contributed by atoms with van der Waals surface area (Å²) in [5.74, 6) is 1.70. The maximum atomic E-state index is 8.51. The lowest BCUT2D eigenvalue weighted by molar-refractivity contribution is 0.171. The fourth-order valence-corrected chi connectivity index (χ4v) is 1.82. The number of nitrogens with zero attached hydrogens (tertiary/aromatic N) is 1. The first kappa shape index (κ1) is 12.3. The molecular weight excluding hydrogens is 234 g/mol. The molecule has 0 aliphatic carbocycles. The molecule has 1 atom stereocenters. The summed E-state index contributed by atoms with van der Waals surface area (Å²) >= 11 is 0. The van der Waals surface area contributed by atoms with Gasteiger partial charge in [0.15, 0.2) is 11.5 Å². The topological polar surface area (TPSA) is 89.1 Å². The van der Waals surface area contributed by atoms with Gasteiger partial charge in [0, 0.05) is 24.2 Å². The second-order valence-corrected chi connectivity index (χ2v) is 4.20. The standard InChI is InChI=1S/C12H17N3O3/c1-8(6-12(13)15-16)14-9-2-3-10-11(7-9)18-5-4-17-10/h2-3,7-8,14,16H,4-6H2,1H3,(H2,13,15). The van der Waals surface area contributed by atoms with Crippen LogP contribution >= 0.6 is 0 Å². The number of hydrogen-bond donors (Lipinski definition) is 3. The molecule has 2 rings (SSSR count). The molecular formula is C12H17N3O3. The second kappa shape index (κ2) is 5.48. The summed E-state index contributed by atoms with van der Waals surface area (Å²) in [6, 6.07) is 5.73. The number of ether oxygens (including phenoxy) is 2. The molecule has 1 aromatic rings. The summed E-state index contributed by atoms with van der Waals surface area (Å²) < 4.78 is 10.9. The predicted octanol–water partition coefficient (Wildman–Crippen LogP) is 1.39. The minimum absolute atomic E-state index is 0.0588. The SMILES string of the molecule is CC(CC(N)=NO)Nc1ccc2c(c1)OCCO2. The third-order valence-electron chi connectivity index (χ3n) is 2.60. The van der Waals surface area contributed by atoms with Crippen LogP contribution in [0, 0.1) is 0 Å². The Labute approximate surface area is 105 Å². The van der Waals surface area contributed by atoms with E-state index in [0.717, 1.165) is 17.2 Å². The van der Waals surface area contributed by atoms with E-state index in [2.05, 4.69) is 10.5 Å². The van der Waals surface area contributed by atoms with Gasteiger partial charge in [0.1, 0.15) is 19.0 Å². The highest BCUT2D eigenvalue weighted by atomic mass is 16.6. The normalized spacial score (nSPS) is 16.2. The van der Waals surface area contributed by atoms with Crippen molar-refractivity contribution in [3.8, 4) is 11.5 Å². The lowest BCUT2D eigenvalue weighted by atomic mass is 10.2. The minimum atomic E-state index is 0.0588. The Hall–Kier alpha value is -2.11. The Morgan fingerprint density at radius 2 is 2.17 bits per heavy atom. The van der Waals surface area contributed by atoms with Crippen LogP contribution in [0.2, 0.25) is 0 Å². The number of anilines is 1. The summed E-state index contributed by atoms with van der Waals surface area (Å²) in [6.45, 7) is 3.10. The van der Waals surface area contributed by atoms with E-state index in [-0.39, 0.29) is 11.9 Å². The van der Waals surface area contributed by atoms with Crippen molar-refractivity contribution in [3.05, 3.63) is 18.2 Å². The molecule has 6 heteroatoms. The largest absolute Gasteiger partial charge is 0.486 e. The van der Waals surface area contributed by atoms with Gasteiger partial charge in [0.25, 0.3) is 0 Å². The molecule has 0 aromatic heterocycles. The van der Waals surface area contributed by atoms with Gasteiger partial charge in [0.2, 0.25) is 0 Å². The molecule has 1 aliphatic heterocycles. The van der Waals surface area contributed by atoms with Gasteiger partial charge < -0.3 is 25.7 Å². The van der Waals surface area contributed by atoms with Crippen molar-refractivity contribution in [2.24, 2.45) is 10.9 Å². The molecule has 1 heterocycles. The van der Waals surface area contributed by atoms with E-state index in [1.165, 1.54) is 0 Å². The summed E-state index contributed by atoms with van der Waals surface area (Å²) in [6.07, 6.45) is 0.463. The molecule has 1 aliphatic rings. The molecule has 0 saturated carbocycles. The van der Waals surface area contributed by atoms with Gasteiger partial charge in [-0.2, -0.15) is 0 Å². The number of fused-ring (bicyclic) bond motifs is 1. The van der Waals surface area contributed by atoms with Crippen LogP contribution in [-0.2, 0) is 0 Å². The second-order valence-electron chi connectivity index (χ2n) is 4.20. The number of rotatable bonds is 4. The van der Waals surface area contributed by atoms with E-state index in [1.807, 2.05) is 25.1 Å². The van der Waals surface area contributed by atoms with Gasteiger partial charge in [-0.15, -0.1) is 0 Å². The van der Waals surface area contributed by atoms with Gasteiger partial charge in [-0.05, 0) is 19.1 Å². The predicted molar refractivity (Wildman–Crippen MR) is 68.5 cm³/mol. The van der Waals surface area contributed by atoms with Crippen molar-refractivity contribution in [2.45, 2.75) is 19.4 Å². The van der Waals surface area contributed by atoms with Gasteiger partial charge in [-0.25, -0.2) is 0 Å². The molecule has 6 nitrogen and oxygen atoms in total. The summed E-state index contributed by atoms with van der Waals surface area (Å²) in [4.78, 5) is 0. The van der Waals surface area contributed by atoms with Crippen LogP contribution in [0.15, 0.2) is 23.4 Å². The smallest absolute Gasteiger partial charge is 0.163 e. The number of benzene rings is 1. The number of hydrogen-bond acceptors (Lipinski definition) is 5. The Kier molecular flexibility index (Phi) is 3.76. The zero-order chi connectivity index (χ0) is 13.0. The summed E-state index contributed by atoms with van der Waals surface area (Å²) in [5.41, 5.74) is 6.37. The average molecular weight is 251 g/mol. The number of nitrogens with two attached hydrogens (primary N) is 1. The molecule has 0 bridgehead atoms. The van der Waals surface area contributed by atoms with Crippen LogP contribution in [0.4, 0.5) is 5.69 Å². The number of nitrogens with one attached hydrogen (secondary N) is 1. The Morgan fingerprint density at radius 3 is 2.89 bits per heavy atom. The lowest BCUT2D eigenvalue weighted by Crippen LogP contribution is -2.24. The molecule has 0 amide bonds. The van der Waals surface area contributed by atoms with Crippen molar-refractivity contribution >= 4 is 11.5 Å². The highest BCUT2D eigenvalue weighted by Gasteiger charge is 2.12. The first-order chi connectivity index (χ1) is 8.69. The first-order valence-electron chi connectivity index (χ1n) is 5.81. The van der Waals surface area contributed by atoms with Crippen molar-refractivity contribution in [1.29, 1.82) is 0 Å². The molecule has 98 valence electrons. The Bertz CT molecular complexity index is 448. The van der Waals surface area contributed by atoms with E-state index in [9.17, 15) is 0 Å². The quantitative estimate of drug-likeness (QED) is 0.326. The average Bonchev–Trinajstić information content (AvgIpc) is 2.38. The molecule has 4 N–H and O–H groups in total. The minimum Gasteiger partial charge on any atom is -0.486 e. The van der Waals surface area contributed by atoms with Crippen LogP contribution in [-0.4, -0.2) is 30.3 Å². The fourth-order valence-electron chi connectivity index (χ4n) is 1.82. The van der Waals surface area contributed by atoms with Gasteiger partial charge >= 0.3 is 0 Å². The third kappa shape index (κ3) is 2.97. The van der Waals surface area contributed by atoms with Crippen molar-refractivity contribution in [2.75, 3.05) is 18.5 Å². The van der Waals surface area contributed by atoms with Crippen molar-refractivity contribution in [1.82, 2.24) is 0 Å². The summed E-state index contributed by atoms with van der Waals surface area (Å²) in [7, 11) is 0. The zero-order valence-electron chi connectivity index (χ0n) is 10.2. The number of oxime groups is 1. The van der Waals surface area contributed by atoms with E-state index in [1.54, 1.807) is 0 Å². The van der Waals surface area contributed by atoms with Crippen LogP contribution in [0.1, 0.15) is 13.3 Å². The van der Waals surface area contributed by atoms with E-state index in [0.29, 0.717) is 19.6 Å². The summed E-state index contributed by atoms with van der Waals surface area (Å²) in [5, 5.41) is 14.7. The Balaban J connectivity index is 2.01. The van der Waals surface area contributed by atoms with Crippen LogP contribution < -0.4 is 20.5 Å². The molecule has 18 heavy (non-hydrogen) atoms. The van der Waals surface area contributed by atoms with Gasteiger partial charge in [-0.1, -0.05) is 5.16 Å².